The average Bonchev–Trinajstić information content (AvgIpc) is 3.71. The van der Waals surface area contributed by atoms with Crippen LogP contribution in [0.4, 0.5) is 4.79 Å². The lowest BCUT2D eigenvalue weighted by molar-refractivity contribution is -0.199. The second kappa shape index (κ2) is 27.2. The van der Waals surface area contributed by atoms with Crippen LogP contribution in [0, 0.1) is 29.1 Å². The maximum atomic E-state index is 14.2. The van der Waals surface area contributed by atoms with Gasteiger partial charge in [0.15, 0.2) is 11.6 Å². The van der Waals surface area contributed by atoms with Gasteiger partial charge in [0, 0.05) is 49.8 Å². The monoisotopic (exact) mass is 1020 g/mol. The molecule has 1 heterocycles. The number of carbonyl (C=O) groups is 7. The van der Waals surface area contributed by atoms with E-state index in [1.807, 2.05) is 19.1 Å². The Balaban J connectivity index is 1.20. The number of hydrogen-bond acceptors (Lipinski definition) is 10. The van der Waals surface area contributed by atoms with Crippen molar-refractivity contribution in [3.63, 3.8) is 0 Å². The number of unbranched alkanes of at least 4 members (excludes halogenated alkanes) is 4. The molecule has 4 N–H and O–H groups in total. The molecule has 2 aromatic carbocycles. The SMILES string of the molecule is CCCCC[C@H](NC(=O)[C@H](C)CC(=O)[C@H](CCCCNC(=O)c1ccc(-c2ccc(CCCC)cc2)cc1)NC(=O)[C@H](CCNC(=O)OC(C)(C)C)CC(C)=O)C(=O)C[C@@H](C)B1OC2C[C@@H]3C[C@@H](C3(C)C)[C@]2(C)O1. The van der Waals surface area contributed by atoms with E-state index in [0.29, 0.717) is 43.2 Å². The van der Waals surface area contributed by atoms with Gasteiger partial charge in [-0.05, 0) is 144 Å². The highest BCUT2D eigenvalue weighted by Gasteiger charge is 2.68. The zero-order valence-corrected chi connectivity index (χ0v) is 46.6. The summed E-state index contributed by atoms with van der Waals surface area (Å²) in [5.74, 6) is -2.81. The van der Waals surface area contributed by atoms with E-state index in [9.17, 15) is 33.6 Å². The number of ether oxygens (including phenoxy) is 1. The Morgan fingerprint density at radius 3 is 1.91 bits per heavy atom. The molecule has 4 aliphatic rings. The Morgan fingerprint density at radius 1 is 0.716 bits per heavy atom. The molecule has 74 heavy (non-hydrogen) atoms. The van der Waals surface area contributed by atoms with Crippen LogP contribution in [0.3, 0.4) is 0 Å². The fraction of sp³-hybridized carbons (Fsp3) is 0.678. The molecule has 0 aromatic heterocycles. The first kappa shape index (κ1) is 60.0. The largest absolute Gasteiger partial charge is 0.461 e. The highest BCUT2D eigenvalue weighted by Crippen LogP contribution is 2.66. The van der Waals surface area contributed by atoms with E-state index in [-0.39, 0.29) is 79.2 Å². The van der Waals surface area contributed by atoms with Crippen molar-refractivity contribution < 1.29 is 47.6 Å². The number of Topliss-reactive ketones (excluding diaryl/α,β-unsaturated/α-hetero) is 3. The van der Waals surface area contributed by atoms with Gasteiger partial charge in [-0.15, -0.1) is 0 Å². The summed E-state index contributed by atoms with van der Waals surface area (Å²) in [6.45, 7) is 21.6. The van der Waals surface area contributed by atoms with Gasteiger partial charge in [-0.1, -0.05) is 104 Å². The third kappa shape index (κ3) is 16.8. The Bertz CT molecular complexity index is 2230. The molecule has 2 bridgehead atoms. The van der Waals surface area contributed by atoms with Crippen LogP contribution in [0.15, 0.2) is 48.5 Å². The van der Waals surface area contributed by atoms with Gasteiger partial charge in [0.25, 0.3) is 5.91 Å². The van der Waals surface area contributed by atoms with Crippen LogP contribution in [0.25, 0.3) is 11.1 Å². The summed E-state index contributed by atoms with van der Waals surface area (Å²) < 4.78 is 18.5. The molecule has 1 saturated heterocycles. The van der Waals surface area contributed by atoms with Crippen LogP contribution >= 0.6 is 0 Å². The summed E-state index contributed by atoms with van der Waals surface area (Å²) in [5.41, 5.74) is 2.98. The number of carbonyl (C=O) groups excluding carboxylic acids is 7. The average molecular weight is 1030 g/mol. The zero-order chi connectivity index (χ0) is 54.4. The van der Waals surface area contributed by atoms with Crippen molar-refractivity contribution in [2.45, 2.75) is 214 Å². The third-order valence-corrected chi connectivity index (χ3v) is 15.9. The molecule has 15 heteroatoms. The lowest BCUT2D eigenvalue weighted by Gasteiger charge is -2.64. The highest BCUT2D eigenvalue weighted by atomic mass is 16.7. The van der Waals surface area contributed by atoms with E-state index < -0.39 is 60.1 Å². The standard InChI is InChI=1S/C59H89BN4O10/c1-12-14-16-20-48(50(67)34-39(4)60-73-52-37-46-36-51(58(46,9)10)59(52,11)74-60)63-53(68)38(3)33-49(66)47(64-55(70)45(35-40(5)65)30-32-62-56(71)72-57(6,7)8)21-17-18-31-61-54(69)44-28-26-43(27-29-44)42-24-22-41(23-25-42)19-15-13-2/h22-29,38-39,45-48,51-52H,12-21,30-37H2,1-11H3,(H,61,69)(H,62,71)(H,63,68)(H,64,70)/t38-,39-,45-,46+,47+,48+,51+,52?,59+/m1/s1. The molecule has 1 unspecified atom stereocenters. The van der Waals surface area contributed by atoms with Crippen molar-refractivity contribution in [1.82, 2.24) is 21.3 Å². The van der Waals surface area contributed by atoms with E-state index in [0.717, 1.165) is 62.5 Å². The van der Waals surface area contributed by atoms with E-state index in [2.05, 4.69) is 80.2 Å². The minimum absolute atomic E-state index is 0.00527. The predicted octanol–water partition coefficient (Wildman–Crippen LogP) is 10.3. The molecule has 6 rings (SSSR count). The van der Waals surface area contributed by atoms with Crippen LogP contribution in [0.1, 0.15) is 188 Å². The zero-order valence-electron chi connectivity index (χ0n) is 46.6. The molecule has 408 valence electrons. The van der Waals surface area contributed by atoms with Crippen LogP contribution in [-0.4, -0.2) is 90.8 Å². The van der Waals surface area contributed by atoms with Crippen molar-refractivity contribution in [2.75, 3.05) is 13.1 Å². The summed E-state index contributed by atoms with van der Waals surface area (Å²) in [6.07, 6.45) is 8.93. The fourth-order valence-corrected chi connectivity index (χ4v) is 11.2. The number of hydrogen-bond donors (Lipinski definition) is 4. The number of ketones is 3. The maximum Gasteiger partial charge on any atom is 0.461 e. The molecule has 0 radical (unpaired) electrons. The molecular weight excluding hydrogens is 935 g/mol. The van der Waals surface area contributed by atoms with Crippen molar-refractivity contribution in [3.05, 3.63) is 59.7 Å². The van der Waals surface area contributed by atoms with Crippen molar-refractivity contribution >= 4 is 48.3 Å². The fourth-order valence-electron chi connectivity index (χ4n) is 11.2. The second-order valence-electron chi connectivity index (χ2n) is 23.6. The Morgan fingerprint density at radius 2 is 1.31 bits per heavy atom. The van der Waals surface area contributed by atoms with E-state index in [4.69, 9.17) is 14.0 Å². The van der Waals surface area contributed by atoms with E-state index in [1.54, 1.807) is 39.8 Å². The van der Waals surface area contributed by atoms with Gasteiger partial charge in [0.2, 0.25) is 11.8 Å². The van der Waals surface area contributed by atoms with Gasteiger partial charge >= 0.3 is 13.2 Å². The highest BCUT2D eigenvalue weighted by molar-refractivity contribution is 6.47. The minimum atomic E-state index is -1.01. The van der Waals surface area contributed by atoms with Gasteiger partial charge in [-0.3, -0.25) is 24.0 Å². The molecule has 1 aliphatic heterocycles. The van der Waals surface area contributed by atoms with E-state index in [1.165, 1.54) is 12.5 Å². The summed E-state index contributed by atoms with van der Waals surface area (Å²) in [6, 6.07) is 14.2. The first-order valence-electron chi connectivity index (χ1n) is 27.9. The molecule has 14 nitrogen and oxygen atoms in total. The summed E-state index contributed by atoms with van der Waals surface area (Å²) in [4.78, 5) is 94.1. The molecule has 4 amide bonds. The molecule has 2 aromatic rings. The number of rotatable bonds is 30. The van der Waals surface area contributed by atoms with Crippen LogP contribution in [0.5, 0.6) is 0 Å². The van der Waals surface area contributed by atoms with E-state index >= 15 is 0 Å². The summed E-state index contributed by atoms with van der Waals surface area (Å²) in [7, 11) is -0.520. The maximum absolute atomic E-state index is 14.2. The Kier molecular flexibility index (Phi) is 22.1. The van der Waals surface area contributed by atoms with Crippen LogP contribution < -0.4 is 21.3 Å². The smallest absolute Gasteiger partial charge is 0.444 e. The third-order valence-electron chi connectivity index (χ3n) is 15.9. The number of amides is 4. The van der Waals surface area contributed by atoms with Crippen molar-refractivity contribution in [2.24, 2.45) is 29.1 Å². The van der Waals surface area contributed by atoms with Crippen molar-refractivity contribution in [3.8, 4) is 11.1 Å². The Hall–Kier alpha value is -4.89. The molecule has 3 saturated carbocycles. The van der Waals surface area contributed by atoms with Crippen LogP contribution in [-0.2, 0) is 44.4 Å². The van der Waals surface area contributed by atoms with Crippen molar-refractivity contribution in [1.29, 1.82) is 0 Å². The summed E-state index contributed by atoms with van der Waals surface area (Å²) in [5, 5.41) is 11.5. The summed E-state index contributed by atoms with van der Waals surface area (Å²) >= 11 is 0. The topological polar surface area (TPSA) is 195 Å². The quantitative estimate of drug-likeness (QED) is 0.0432. The van der Waals surface area contributed by atoms with Gasteiger partial charge in [-0.2, -0.15) is 0 Å². The molecule has 3 aliphatic carbocycles. The molecule has 0 spiro atoms. The number of nitrogens with one attached hydrogen (secondary N) is 4. The van der Waals surface area contributed by atoms with Gasteiger partial charge in [0.05, 0.1) is 23.8 Å². The van der Waals surface area contributed by atoms with Gasteiger partial charge in [-0.25, -0.2) is 4.79 Å². The lowest BCUT2D eigenvalue weighted by atomic mass is 9.43. The first-order chi connectivity index (χ1) is 34.9. The molecule has 9 atom stereocenters. The van der Waals surface area contributed by atoms with Gasteiger partial charge < -0.3 is 40.1 Å². The number of aryl methyl sites for hydroxylation is 1. The molecular formula is C59H89BN4O10. The second-order valence-corrected chi connectivity index (χ2v) is 23.6. The van der Waals surface area contributed by atoms with Gasteiger partial charge in [0.1, 0.15) is 11.4 Å². The number of alkyl carbamates (subject to hydrolysis) is 1. The number of benzene rings is 2. The Labute approximate surface area is 442 Å². The van der Waals surface area contributed by atoms with Crippen LogP contribution in [0.2, 0.25) is 5.82 Å². The first-order valence-corrected chi connectivity index (χ1v) is 27.9. The lowest BCUT2D eigenvalue weighted by Crippen LogP contribution is -2.65. The minimum Gasteiger partial charge on any atom is -0.444 e. The molecule has 4 fully saturated rings. The normalized spacial score (nSPS) is 21.7. The predicted molar refractivity (Wildman–Crippen MR) is 290 cm³/mol.